The lowest BCUT2D eigenvalue weighted by Crippen LogP contribution is -2.61. The molecule has 1 aliphatic rings. The number of carbonyl (C=O) groups is 4. The molecule has 0 aromatic carbocycles. The lowest BCUT2D eigenvalue weighted by Gasteiger charge is -2.42. The van der Waals surface area contributed by atoms with Gasteiger partial charge in [0.05, 0.1) is 6.61 Å². The number of rotatable bonds is 5. The molecule has 0 aromatic rings. The maximum atomic E-state index is 14.9. The van der Waals surface area contributed by atoms with Crippen LogP contribution in [-0.4, -0.2) is 54.8 Å². The van der Waals surface area contributed by atoms with Gasteiger partial charge in [-0.05, 0) is 6.42 Å². The molecule has 1 rings (SSSR count). The van der Waals surface area contributed by atoms with Crippen molar-refractivity contribution in [2.45, 2.75) is 58.5 Å². The molecule has 1 N–H and O–H groups in total. The van der Waals surface area contributed by atoms with Crippen molar-refractivity contribution < 1.29 is 37.8 Å². The van der Waals surface area contributed by atoms with Crippen LogP contribution >= 0.6 is 0 Å². The Morgan fingerprint density at radius 3 is 2.04 bits per heavy atom. The van der Waals surface area contributed by atoms with Gasteiger partial charge in [-0.2, -0.15) is 0 Å². The molecule has 0 bridgehead atoms. The molecule has 1 saturated carbocycles. The third kappa shape index (κ3) is 5.78. The minimum absolute atomic E-state index is 0.0656. The van der Waals surface area contributed by atoms with E-state index < -0.39 is 54.2 Å². The number of ether oxygens (including phenoxy) is 3. The van der Waals surface area contributed by atoms with Gasteiger partial charge in [0.25, 0.3) is 0 Å². The van der Waals surface area contributed by atoms with E-state index in [1.54, 1.807) is 0 Å². The Bertz CT molecular complexity index is 508. The van der Waals surface area contributed by atoms with Crippen molar-refractivity contribution in [1.29, 1.82) is 0 Å². The number of hydrogen-bond donors (Lipinski definition) is 1. The highest BCUT2D eigenvalue weighted by molar-refractivity contribution is 5.73. The number of esters is 3. The monoisotopic (exact) mass is 347 g/mol. The van der Waals surface area contributed by atoms with Crippen molar-refractivity contribution >= 4 is 23.8 Å². The van der Waals surface area contributed by atoms with Crippen molar-refractivity contribution in [3.05, 3.63) is 0 Å². The first-order chi connectivity index (χ1) is 11.1. The van der Waals surface area contributed by atoms with Crippen LogP contribution in [0.3, 0.4) is 0 Å². The molecule has 136 valence electrons. The topological polar surface area (TPSA) is 108 Å². The molecule has 0 saturated heterocycles. The predicted octanol–water partition coefficient (Wildman–Crippen LogP) is 0.276. The number of nitrogens with one attached hydrogen (secondary N) is 1. The molecule has 0 aliphatic heterocycles. The zero-order valence-electron chi connectivity index (χ0n) is 14.0. The highest BCUT2D eigenvalue weighted by atomic mass is 19.1. The molecule has 0 radical (unpaired) electrons. The molecular formula is C15H22FNO7. The van der Waals surface area contributed by atoms with E-state index in [-0.39, 0.29) is 13.0 Å². The maximum absolute atomic E-state index is 14.9. The van der Waals surface area contributed by atoms with Crippen LogP contribution in [0.5, 0.6) is 0 Å². The molecule has 1 amide bonds. The first-order valence-corrected chi connectivity index (χ1v) is 7.50. The van der Waals surface area contributed by atoms with E-state index in [1.807, 2.05) is 0 Å². The molecule has 5 unspecified atom stereocenters. The first-order valence-electron chi connectivity index (χ1n) is 7.50. The Morgan fingerprint density at radius 2 is 1.58 bits per heavy atom. The SMILES string of the molecule is CC(=O)NC1C(OC(C)=O)CC(COC(C)=O)C(OC(C)=O)C1F. The second kappa shape index (κ2) is 8.60. The lowest BCUT2D eigenvalue weighted by molar-refractivity contribution is -0.176. The van der Waals surface area contributed by atoms with Crippen LogP contribution in [-0.2, 0) is 33.4 Å². The number of alkyl halides is 1. The number of carbonyl (C=O) groups excluding carboxylic acids is 4. The summed E-state index contributed by atoms with van der Waals surface area (Å²) >= 11 is 0. The van der Waals surface area contributed by atoms with Gasteiger partial charge in [-0.3, -0.25) is 19.2 Å². The summed E-state index contributed by atoms with van der Waals surface area (Å²) < 4.78 is 29.9. The van der Waals surface area contributed by atoms with E-state index in [2.05, 4.69) is 5.32 Å². The summed E-state index contributed by atoms with van der Waals surface area (Å²) in [5, 5.41) is 2.39. The van der Waals surface area contributed by atoms with Gasteiger partial charge in [0, 0.05) is 33.6 Å². The highest BCUT2D eigenvalue weighted by Crippen LogP contribution is 2.32. The van der Waals surface area contributed by atoms with Crippen LogP contribution in [0.15, 0.2) is 0 Å². The number of hydrogen-bond acceptors (Lipinski definition) is 7. The van der Waals surface area contributed by atoms with Crippen LogP contribution in [0, 0.1) is 5.92 Å². The van der Waals surface area contributed by atoms with Crippen LogP contribution in [0.1, 0.15) is 34.1 Å². The van der Waals surface area contributed by atoms with E-state index in [0.717, 1.165) is 13.8 Å². The molecule has 0 aromatic heterocycles. The summed E-state index contributed by atoms with van der Waals surface area (Å²) in [4.78, 5) is 44.8. The average molecular weight is 347 g/mol. The van der Waals surface area contributed by atoms with E-state index in [4.69, 9.17) is 14.2 Å². The second-order valence-corrected chi connectivity index (χ2v) is 5.69. The van der Waals surface area contributed by atoms with Gasteiger partial charge in [-0.25, -0.2) is 4.39 Å². The maximum Gasteiger partial charge on any atom is 0.303 e. The second-order valence-electron chi connectivity index (χ2n) is 5.69. The summed E-state index contributed by atoms with van der Waals surface area (Å²) in [5.74, 6) is -3.13. The zero-order valence-corrected chi connectivity index (χ0v) is 14.0. The van der Waals surface area contributed by atoms with Gasteiger partial charge < -0.3 is 19.5 Å². The van der Waals surface area contributed by atoms with E-state index in [1.165, 1.54) is 13.8 Å². The Kier molecular flexibility index (Phi) is 7.12. The number of halogens is 1. The normalized spacial score (nSPS) is 29.3. The molecule has 1 aliphatic carbocycles. The summed E-state index contributed by atoms with van der Waals surface area (Å²) in [5.41, 5.74) is 0. The zero-order chi connectivity index (χ0) is 18.4. The molecule has 0 heterocycles. The van der Waals surface area contributed by atoms with Crippen LogP contribution in [0.25, 0.3) is 0 Å². The fraction of sp³-hybridized carbons (Fsp3) is 0.733. The molecule has 8 nitrogen and oxygen atoms in total. The summed E-state index contributed by atoms with van der Waals surface area (Å²) in [6.07, 6.45) is -3.95. The molecule has 0 spiro atoms. The molecule has 24 heavy (non-hydrogen) atoms. The molecule has 5 atom stereocenters. The Morgan fingerprint density at radius 1 is 1.00 bits per heavy atom. The standard InChI is InChI=1S/C15H22FNO7/c1-7(18)17-14-12(23-9(3)20)5-11(6-22-8(2)19)15(13(14)16)24-10(4)21/h11-15H,5-6H2,1-4H3,(H,17,18). The molecule has 9 heteroatoms. The Balaban J connectivity index is 3.04. The minimum Gasteiger partial charge on any atom is -0.465 e. The molecule has 1 fully saturated rings. The van der Waals surface area contributed by atoms with Gasteiger partial charge >= 0.3 is 17.9 Å². The average Bonchev–Trinajstić information content (AvgIpc) is 2.42. The predicted molar refractivity (Wildman–Crippen MR) is 78.3 cm³/mol. The first kappa shape index (κ1) is 19.9. The fourth-order valence-electron chi connectivity index (χ4n) is 2.73. The summed E-state index contributed by atoms with van der Waals surface area (Å²) in [6, 6.07) is -1.16. The quantitative estimate of drug-likeness (QED) is 0.562. The summed E-state index contributed by atoms with van der Waals surface area (Å²) in [7, 11) is 0. The van der Waals surface area contributed by atoms with E-state index in [9.17, 15) is 23.6 Å². The van der Waals surface area contributed by atoms with Gasteiger partial charge in [-0.1, -0.05) is 0 Å². The van der Waals surface area contributed by atoms with E-state index >= 15 is 0 Å². The Labute approximate surface area is 139 Å². The van der Waals surface area contributed by atoms with Gasteiger partial charge in [0.1, 0.15) is 18.2 Å². The molecular weight excluding hydrogens is 325 g/mol. The lowest BCUT2D eigenvalue weighted by atomic mass is 9.80. The third-order valence-corrected chi connectivity index (χ3v) is 3.55. The number of amides is 1. The van der Waals surface area contributed by atoms with Crippen molar-refractivity contribution in [3.8, 4) is 0 Å². The van der Waals surface area contributed by atoms with Crippen molar-refractivity contribution in [2.75, 3.05) is 6.61 Å². The van der Waals surface area contributed by atoms with Crippen LogP contribution < -0.4 is 5.32 Å². The van der Waals surface area contributed by atoms with Crippen LogP contribution in [0.2, 0.25) is 0 Å². The highest BCUT2D eigenvalue weighted by Gasteiger charge is 2.49. The van der Waals surface area contributed by atoms with Crippen molar-refractivity contribution in [3.63, 3.8) is 0 Å². The fourth-order valence-corrected chi connectivity index (χ4v) is 2.73. The largest absolute Gasteiger partial charge is 0.465 e. The summed E-state index contributed by atoms with van der Waals surface area (Å²) in [6.45, 7) is 4.49. The smallest absolute Gasteiger partial charge is 0.303 e. The minimum atomic E-state index is -1.82. The van der Waals surface area contributed by atoms with Crippen LogP contribution in [0.4, 0.5) is 4.39 Å². The van der Waals surface area contributed by atoms with Crippen molar-refractivity contribution in [1.82, 2.24) is 5.32 Å². The van der Waals surface area contributed by atoms with Crippen molar-refractivity contribution in [2.24, 2.45) is 5.92 Å². The van der Waals surface area contributed by atoms with E-state index in [0.29, 0.717) is 0 Å². The third-order valence-electron chi connectivity index (χ3n) is 3.55. The van der Waals surface area contributed by atoms with Gasteiger partial charge in [0.2, 0.25) is 5.91 Å². The van der Waals surface area contributed by atoms with Gasteiger partial charge in [0.15, 0.2) is 6.17 Å². The Hall–Kier alpha value is -2.19. The van der Waals surface area contributed by atoms with Gasteiger partial charge in [-0.15, -0.1) is 0 Å².